The molecular weight excluding hydrogens is 461 g/mol. The Labute approximate surface area is 211 Å². The zero-order chi connectivity index (χ0) is 25.7. The number of piperidine rings is 1. The van der Waals surface area contributed by atoms with Crippen LogP contribution in [0, 0.1) is 0 Å². The predicted octanol–water partition coefficient (Wildman–Crippen LogP) is 5.74. The van der Waals surface area contributed by atoms with Crippen LogP contribution in [-0.2, 0) is 11.2 Å². The molecule has 0 unspecified atom stereocenters. The summed E-state index contributed by atoms with van der Waals surface area (Å²) < 4.78 is 31.6. The van der Waals surface area contributed by atoms with Gasteiger partial charge in [0.1, 0.15) is 29.5 Å². The van der Waals surface area contributed by atoms with Gasteiger partial charge in [0.25, 0.3) is 0 Å². The molecule has 1 aliphatic rings. The largest absolute Gasteiger partial charge is 0.496 e. The molecule has 192 valence electrons. The van der Waals surface area contributed by atoms with Gasteiger partial charge in [-0.25, -0.2) is 4.39 Å². The number of methoxy groups -OCH3 is 2. The maximum atomic E-state index is 14.1. The number of aliphatic carboxylic acids is 1. The van der Waals surface area contributed by atoms with Gasteiger partial charge in [-0.1, -0.05) is 36.4 Å². The van der Waals surface area contributed by atoms with Crippen molar-refractivity contribution in [3.8, 4) is 28.4 Å². The summed E-state index contributed by atoms with van der Waals surface area (Å²) in [6, 6.07) is 15.7. The van der Waals surface area contributed by atoms with Gasteiger partial charge >= 0.3 is 5.97 Å². The summed E-state index contributed by atoms with van der Waals surface area (Å²) in [6.07, 6.45) is 1.63. The average Bonchev–Trinajstić information content (AvgIpc) is 2.87. The van der Waals surface area contributed by atoms with Gasteiger partial charge in [0, 0.05) is 38.2 Å². The number of nitrogens with zero attached hydrogens (tertiary/aromatic N) is 1. The molecule has 36 heavy (non-hydrogen) atoms. The fourth-order valence-electron chi connectivity index (χ4n) is 4.82. The van der Waals surface area contributed by atoms with Crippen LogP contribution < -0.4 is 14.2 Å². The van der Waals surface area contributed by atoms with E-state index >= 15 is 0 Å². The first kappa shape index (κ1) is 25.8. The van der Waals surface area contributed by atoms with Crippen LogP contribution in [0.3, 0.4) is 0 Å². The van der Waals surface area contributed by atoms with Crippen LogP contribution in [0.15, 0.2) is 48.5 Å². The summed E-state index contributed by atoms with van der Waals surface area (Å²) >= 11 is 0. The average molecular weight is 496 g/mol. The minimum Gasteiger partial charge on any atom is -0.496 e. The van der Waals surface area contributed by atoms with E-state index in [1.807, 2.05) is 48.5 Å². The molecule has 6 nitrogen and oxygen atoms in total. The van der Waals surface area contributed by atoms with Crippen molar-refractivity contribution in [1.82, 2.24) is 4.90 Å². The second-order valence-electron chi connectivity index (χ2n) is 9.52. The number of carbonyl (C=O) groups is 1. The van der Waals surface area contributed by atoms with E-state index in [4.69, 9.17) is 19.3 Å². The Bertz CT molecular complexity index is 1190. The number of alkyl halides is 1. The third-order valence-electron chi connectivity index (χ3n) is 6.94. The number of hydrogen-bond donors (Lipinski definition) is 1. The lowest BCUT2D eigenvalue weighted by atomic mass is 9.93. The monoisotopic (exact) mass is 495 g/mol. The van der Waals surface area contributed by atoms with Gasteiger partial charge < -0.3 is 19.3 Å². The number of ether oxygens (including phenoxy) is 3. The molecule has 1 fully saturated rings. The van der Waals surface area contributed by atoms with E-state index in [1.54, 1.807) is 21.1 Å². The van der Waals surface area contributed by atoms with Crippen molar-refractivity contribution in [3.05, 3.63) is 54.1 Å². The van der Waals surface area contributed by atoms with Crippen LogP contribution in [-0.4, -0.2) is 62.1 Å². The number of rotatable bonds is 10. The summed E-state index contributed by atoms with van der Waals surface area (Å²) in [7, 11) is 3.24. The molecule has 0 aromatic heterocycles. The molecule has 0 spiro atoms. The molecule has 3 aromatic carbocycles. The molecule has 0 aliphatic carbocycles. The standard InChI is InChI=1S/C29H34FNO5/c1-29(30)12-14-31(15-13-29)16-17-36-21-18-25(34-2)28(26(19-21)35-3)24-9-5-7-22-20(10-11-27(32)33)6-4-8-23(22)24/h4-9,18-19H,10-17H2,1-3H3,(H,32,33). The number of halogens is 1. The number of fused-ring (bicyclic) bond motifs is 1. The highest BCUT2D eigenvalue weighted by Crippen LogP contribution is 2.44. The van der Waals surface area contributed by atoms with Crippen molar-refractivity contribution in [3.63, 3.8) is 0 Å². The zero-order valence-electron chi connectivity index (χ0n) is 21.2. The summed E-state index contributed by atoms with van der Waals surface area (Å²) in [6.45, 7) is 4.35. The maximum Gasteiger partial charge on any atom is 0.303 e. The number of likely N-dealkylation sites (tertiary alicyclic amines) is 1. The van der Waals surface area contributed by atoms with E-state index in [0.29, 0.717) is 43.1 Å². The SMILES string of the molecule is COc1cc(OCCN2CCC(C)(F)CC2)cc(OC)c1-c1cccc2c(CCC(=O)O)cccc12. The lowest BCUT2D eigenvalue weighted by Gasteiger charge is -2.33. The first-order chi connectivity index (χ1) is 17.3. The smallest absolute Gasteiger partial charge is 0.303 e. The van der Waals surface area contributed by atoms with E-state index in [2.05, 4.69) is 4.90 Å². The van der Waals surface area contributed by atoms with Crippen molar-refractivity contribution >= 4 is 16.7 Å². The van der Waals surface area contributed by atoms with E-state index in [1.165, 1.54) is 0 Å². The highest BCUT2D eigenvalue weighted by molar-refractivity contribution is 6.01. The molecule has 0 bridgehead atoms. The fraction of sp³-hybridized carbons (Fsp3) is 0.414. The van der Waals surface area contributed by atoms with Crippen molar-refractivity contribution in [2.45, 2.75) is 38.3 Å². The van der Waals surface area contributed by atoms with Gasteiger partial charge in [-0.05, 0) is 48.1 Å². The van der Waals surface area contributed by atoms with Crippen molar-refractivity contribution in [1.29, 1.82) is 0 Å². The van der Waals surface area contributed by atoms with Gasteiger partial charge in [0.15, 0.2) is 0 Å². The molecule has 0 atom stereocenters. The summed E-state index contributed by atoms with van der Waals surface area (Å²) in [5.74, 6) is 1.07. The third-order valence-corrected chi connectivity index (χ3v) is 6.94. The molecule has 7 heteroatoms. The minimum atomic E-state index is -1.06. The lowest BCUT2D eigenvalue weighted by molar-refractivity contribution is -0.136. The molecule has 1 heterocycles. The van der Waals surface area contributed by atoms with Gasteiger partial charge in [-0.2, -0.15) is 0 Å². The van der Waals surface area contributed by atoms with Crippen LogP contribution >= 0.6 is 0 Å². The molecule has 3 aromatic rings. The van der Waals surface area contributed by atoms with Crippen molar-refractivity contribution in [2.75, 3.05) is 40.5 Å². The number of benzene rings is 3. The highest BCUT2D eigenvalue weighted by atomic mass is 19.1. The number of carboxylic acid groups (broad SMARTS) is 1. The fourth-order valence-corrected chi connectivity index (χ4v) is 4.82. The van der Waals surface area contributed by atoms with E-state index in [-0.39, 0.29) is 6.42 Å². The van der Waals surface area contributed by atoms with Crippen LogP contribution in [0.1, 0.15) is 31.7 Å². The Kier molecular flexibility index (Phi) is 7.99. The summed E-state index contributed by atoms with van der Waals surface area (Å²) in [4.78, 5) is 13.3. The lowest BCUT2D eigenvalue weighted by Crippen LogP contribution is -2.41. The Balaban J connectivity index is 1.59. The Morgan fingerprint density at radius 3 is 2.31 bits per heavy atom. The van der Waals surface area contributed by atoms with Crippen LogP contribution in [0.2, 0.25) is 0 Å². The summed E-state index contributed by atoms with van der Waals surface area (Å²) in [5.41, 5.74) is 1.67. The number of hydrogen-bond acceptors (Lipinski definition) is 5. The topological polar surface area (TPSA) is 68.2 Å². The predicted molar refractivity (Wildman–Crippen MR) is 139 cm³/mol. The molecule has 1 N–H and O–H groups in total. The highest BCUT2D eigenvalue weighted by Gasteiger charge is 2.29. The van der Waals surface area contributed by atoms with E-state index in [9.17, 15) is 9.18 Å². The molecule has 1 saturated heterocycles. The maximum absolute atomic E-state index is 14.1. The van der Waals surface area contributed by atoms with Gasteiger partial charge in [0.05, 0.1) is 19.8 Å². The second-order valence-corrected chi connectivity index (χ2v) is 9.52. The molecule has 4 rings (SSSR count). The Morgan fingerprint density at radius 2 is 1.67 bits per heavy atom. The van der Waals surface area contributed by atoms with Gasteiger partial charge in [-0.3, -0.25) is 9.69 Å². The Hall–Kier alpha value is -3.32. The first-order valence-electron chi connectivity index (χ1n) is 12.3. The normalized spacial score (nSPS) is 15.6. The van der Waals surface area contributed by atoms with Gasteiger partial charge in [-0.15, -0.1) is 0 Å². The number of aryl methyl sites for hydroxylation is 1. The molecule has 0 saturated carbocycles. The number of carboxylic acids is 1. The molecule has 1 aliphatic heterocycles. The van der Waals surface area contributed by atoms with Crippen LogP contribution in [0.5, 0.6) is 17.2 Å². The molecule has 0 radical (unpaired) electrons. The third kappa shape index (κ3) is 5.90. The van der Waals surface area contributed by atoms with Crippen molar-refractivity contribution in [2.24, 2.45) is 0 Å². The van der Waals surface area contributed by atoms with Crippen molar-refractivity contribution < 1.29 is 28.5 Å². The van der Waals surface area contributed by atoms with Crippen LogP contribution in [0.4, 0.5) is 4.39 Å². The van der Waals surface area contributed by atoms with Gasteiger partial charge in [0.2, 0.25) is 0 Å². The van der Waals surface area contributed by atoms with Crippen LogP contribution in [0.25, 0.3) is 21.9 Å². The Morgan fingerprint density at radius 1 is 1.03 bits per heavy atom. The summed E-state index contributed by atoms with van der Waals surface area (Å²) in [5, 5.41) is 11.1. The molecule has 0 amide bonds. The van der Waals surface area contributed by atoms with E-state index < -0.39 is 11.6 Å². The second kappa shape index (κ2) is 11.2. The van der Waals surface area contributed by atoms with E-state index in [0.717, 1.165) is 47.1 Å². The first-order valence-corrected chi connectivity index (χ1v) is 12.3. The minimum absolute atomic E-state index is 0.0759. The quantitative estimate of drug-likeness (QED) is 0.387. The zero-order valence-corrected chi connectivity index (χ0v) is 21.2. The molecular formula is C29H34FNO5.